The Hall–Kier alpha value is -4.04. The molecule has 2 heterocycles. The van der Waals surface area contributed by atoms with E-state index in [-0.39, 0.29) is 11.4 Å². The molecule has 37 heavy (non-hydrogen) atoms. The van der Waals surface area contributed by atoms with Crippen molar-refractivity contribution in [2.24, 2.45) is 5.10 Å². The van der Waals surface area contributed by atoms with E-state index in [0.29, 0.717) is 29.1 Å². The molecule has 0 bridgehead atoms. The van der Waals surface area contributed by atoms with Crippen LogP contribution in [0.15, 0.2) is 87.2 Å². The van der Waals surface area contributed by atoms with Crippen molar-refractivity contribution in [1.82, 2.24) is 14.2 Å². The lowest BCUT2D eigenvalue weighted by atomic mass is 10.2. The number of rotatable bonds is 6. The lowest BCUT2D eigenvalue weighted by Crippen LogP contribution is -2.20. The standard InChI is InChI=1S/C29H24BrFN4O2/c1-18-13-22(16-32-35-20(3)33-28-12-7-23(30)15-27(28)29(35)36)19(2)34(18)25-8-10-26(11-9-25)37-17-21-5-4-6-24(31)14-21/h4-16H,17H2,1-3H3. The van der Waals surface area contributed by atoms with E-state index < -0.39 is 0 Å². The molecule has 0 radical (unpaired) electrons. The van der Waals surface area contributed by atoms with Crippen molar-refractivity contribution in [3.63, 3.8) is 0 Å². The van der Waals surface area contributed by atoms with Crippen LogP contribution in [0, 0.1) is 26.6 Å². The Labute approximate surface area is 221 Å². The third kappa shape index (κ3) is 5.11. The van der Waals surface area contributed by atoms with Gasteiger partial charge in [-0.3, -0.25) is 4.79 Å². The summed E-state index contributed by atoms with van der Waals surface area (Å²) >= 11 is 3.42. The van der Waals surface area contributed by atoms with Gasteiger partial charge in [-0.25, -0.2) is 9.37 Å². The molecule has 8 heteroatoms. The second kappa shape index (κ2) is 10.1. The topological polar surface area (TPSA) is 61.4 Å². The lowest BCUT2D eigenvalue weighted by Gasteiger charge is -2.11. The molecule has 0 atom stereocenters. The fourth-order valence-corrected chi connectivity index (χ4v) is 4.68. The van der Waals surface area contributed by atoms with Gasteiger partial charge in [-0.15, -0.1) is 0 Å². The van der Waals surface area contributed by atoms with Crippen molar-refractivity contribution < 1.29 is 9.13 Å². The molecular weight excluding hydrogens is 535 g/mol. The molecule has 0 fully saturated rings. The minimum Gasteiger partial charge on any atom is -0.489 e. The summed E-state index contributed by atoms with van der Waals surface area (Å²) in [4.78, 5) is 17.6. The first-order valence-electron chi connectivity index (χ1n) is 11.7. The van der Waals surface area contributed by atoms with Gasteiger partial charge in [-0.05, 0) is 87.0 Å². The Kier molecular flexibility index (Phi) is 6.76. The number of aromatic nitrogens is 3. The monoisotopic (exact) mass is 558 g/mol. The van der Waals surface area contributed by atoms with Gasteiger partial charge in [-0.2, -0.15) is 9.78 Å². The Bertz CT molecular complexity index is 1700. The molecule has 0 saturated heterocycles. The summed E-state index contributed by atoms with van der Waals surface area (Å²) in [5.74, 6) is 0.931. The first-order chi connectivity index (χ1) is 17.8. The highest BCUT2D eigenvalue weighted by molar-refractivity contribution is 9.10. The molecule has 5 rings (SSSR count). The van der Waals surface area contributed by atoms with Crippen molar-refractivity contribution in [3.05, 3.63) is 122 Å². The Balaban J connectivity index is 1.39. The average molecular weight is 559 g/mol. The number of fused-ring (bicyclic) bond motifs is 1. The summed E-state index contributed by atoms with van der Waals surface area (Å²) < 4.78 is 23.5. The van der Waals surface area contributed by atoms with Gasteiger partial charge in [-0.1, -0.05) is 28.1 Å². The van der Waals surface area contributed by atoms with E-state index in [4.69, 9.17) is 4.74 Å². The Morgan fingerprint density at radius 2 is 1.81 bits per heavy atom. The van der Waals surface area contributed by atoms with Crippen LogP contribution in [-0.4, -0.2) is 20.4 Å². The minimum absolute atomic E-state index is 0.220. The molecule has 2 aromatic heterocycles. The molecule has 0 N–H and O–H groups in total. The summed E-state index contributed by atoms with van der Waals surface area (Å²) in [6.07, 6.45) is 1.69. The number of nitrogens with zero attached hydrogens (tertiary/aromatic N) is 4. The smallest absolute Gasteiger partial charge is 0.282 e. The van der Waals surface area contributed by atoms with Gasteiger partial charge in [0.05, 0.1) is 17.1 Å². The predicted molar refractivity (Wildman–Crippen MR) is 147 cm³/mol. The number of aryl methyl sites for hydroxylation is 2. The highest BCUT2D eigenvalue weighted by Crippen LogP contribution is 2.23. The molecule has 0 saturated carbocycles. The number of ether oxygens (including phenoxy) is 1. The molecule has 0 spiro atoms. The van der Waals surface area contributed by atoms with E-state index >= 15 is 0 Å². The SMILES string of the molecule is Cc1cc(C=Nn2c(C)nc3ccc(Br)cc3c2=O)c(C)n1-c1ccc(OCc2cccc(F)c2)cc1. The van der Waals surface area contributed by atoms with Crippen LogP contribution < -0.4 is 10.3 Å². The van der Waals surface area contributed by atoms with Gasteiger partial charge in [0.15, 0.2) is 0 Å². The van der Waals surface area contributed by atoms with Gasteiger partial charge in [0.1, 0.15) is 24.0 Å². The summed E-state index contributed by atoms with van der Waals surface area (Å²) in [6, 6.07) is 21.6. The van der Waals surface area contributed by atoms with Crippen LogP contribution in [-0.2, 0) is 6.61 Å². The van der Waals surface area contributed by atoms with Crippen LogP contribution in [0.5, 0.6) is 5.75 Å². The van der Waals surface area contributed by atoms with Crippen molar-refractivity contribution in [3.8, 4) is 11.4 Å². The van der Waals surface area contributed by atoms with E-state index in [9.17, 15) is 9.18 Å². The van der Waals surface area contributed by atoms with Gasteiger partial charge < -0.3 is 9.30 Å². The highest BCUT2D eigenvalue weighted by atomic mass is 79.9. The Morgan fingerprint density at radius 3 is 2.57 bits per heavy atom. The van der Waals surface area contributed by atoms with Crippen LogP contribution in [0.3, 0.4) is 0 Å². The lowest BCUT2D eigenvalue weighted by molar-refractivity contribution is 0.305. The molecule has 0 amide bonds. The van der Waals surface area contributed by atoms with Gasteiger partial charge in [0.25, 0.3) is 5.56 Å². The van der Waals surface area contributed by atoms with Crippen LogP contribution in [0.1, 0.15) is 28.3 Å². The maximum atomic E-state index is 13.4. The van der Waals surface area contributed by atoms with E-state index in [2.05, 4.69) is 30.6 Å². The van der Waals surface area contributed by atoms with Gasteiger partial charge in [0, 0.05) is 27.1 Å². The molecule has 6 nitrogen and oxygen atoms in total. The highest BCUT2D eigenvalue weighted by Gasteiger charge is 2.12. The molecule has 3 aromatic carbocycles. The molecule has 0 unspecified atom stereocenters. The normalized spacial score (nSPS) is 11.5. The average Bonchev–Trinajstić information content (AvgIpc) is 3.16. The number of hydrogen-bond acceptors (Lipinski definition) is 4. The van der Waals surface area contributed by atoms with Crippen molar-refractivity contribution in [2.75, 3.05) is 0 Å². The van der Waals surface area contributed by atoms with Gasteiger partial charge >= 0.3 is 0 Å². The quantitative estimate of drug-likeness (QED) is 0.224. The van der Waals surface area contributed by atoms with E-state index in [1.807, 2.05) is 62.4 Å². The van der Waals surface area contributed by atoms with Crippen LogP contribution in [0.4, 0.5) is 4.39 Å². The summed E-state index contributed by atoms with van der Waals surface area (Å²) in [5.41, 5.74) is 5.06. The minimum atomic E-state index is -0.278. The summed E-state index contributed by atoms with van der Waals surface area (Å²) in [6.45, 7) is 6.08. The zero-order valence-electron chi connectivity index (χ0n) is 20.6. The van der Waals surface area contributed by atoms with E-state index in [0.717, 1.165) is 32.7 Å². The van der Waals surface area contributed by atoms with Crippen molar-refractivity contribution in [2.45, 2.75) is 27.4 Å². The number of benzene rings is 3. The fourth-order valence-electron chi connectivity index (χ4n) is 4.32. The predicted octanol–water partition coefficient (Wildman–Crippen LogP) is 6.48. The summed E-state index contributed by atoms with van der Waals surface area (Å²) in [7, 11) is 0. The third-order valence-corrected chi connectivity index (χ3v) is 6.64. The Morgan fingerprint density at radius 1 is 1.03 bits per heavy atom. The first kappa shape index (κ1) is 24.6. The zero-order valence-corrected chi connectivity index (χ0v) is 22.2. The molecule has 5 aromatic rings. The molecule has 0 aliphatic heterocycles. The van der Waals surface area contributed by atoms with Crippen LogP contribution >= 0.6 is 15.9 Å². The third-order valence-electron chi connectivity index (χ3n) is 6.14. The summed E-state index contributed by atoms with van der Waals surface area (Å²) in [5, 5.41) is 4.98. The molecular formula is C29H24BrFN4O2. The van der Waals surface area contributed by atoms with Crippen molar-refractivity contribution in [1.29, 1.82) is 0 Å². The maximum absolute atomic E-state index is 13.4. The first-order valence-corrected chi connectivity index (χ1v) is 12.5. The van der Waals surface area contributed by atoms with Gasteiger partial charge in [0.2, 0.25) is 0 Å². The van der Waals surface area contributed by atoms with Crippen LogP contribution in [0.25, 0.3) is 16.6 Å². The number of halogens is 2. The molecule has 0 aliphatic rings. The fraction of sp³-hybridized carbons (Fsp3) is 0.138. The maximum Gasteiger partial charge on any atom is 0.282 e. The van der Waals surface area contributed by atoms with Crippen molar-refractivity contribution >= 4 is 33.0 Å². The largest absolute Gasteiger partial charge is 0.489 e. The van der Waals surface area contributed by atoms with Crippen LogP contribution in [0.2, 0.25) is 0 Å². The number of hydrogen-bond donors (Lipinski definition) is 0. The van der Waals surface area contributed by atoms with E-state index in [1.54, 1.807) is 25.3 Å². The van der Waals surface area contributed by atoms with E-state index in [1.165, 1.54) is 16.8 Å². The molecule has 186 valence electrons. The second-order valence-electron chi connectivity index (χ2n) is 8.76. The molecule has 0 aliphatic carbocycles. The second-order valence-corrected chi connectivity index (χ2v) is 9.67. The zero-order chi connectivity index (χ0) is 26.1.